The minimum atomic E-state index is -1.42. The minimum absolute atomic E-state index is 0.0709. The highest BCUT2D eigenvalue weighted by Gasteiger charge is 2.39. The number of amides is 3. The van der Waals surface area contributed by atoms with E-state index in [1.54, 1.807) is 24.3 Å². The van der Waals surface area contributed by atoms with Gasteiger partial charge in [-0.15, -0.1) is 11.3 Å². The summed E-state index contributed by atoms with van der Waals surface area (Å²) < 4.78 is 0.663. The molecule has 138 valence electrons. The largest absolute Gasteiger partial charge is 0.465 e. The van der Waals surface area contributed by atoms with Crippen LogP contribution in [-0.4, -0.2) is 50.8 Å². The lowest BCUT2D eigenvalue weighted by atomic mass is 10.1. The molecule has 0 aliphatic carbocycles. The van der Waals surface area contributed by atoms with Crippen LogP contribution in [0.2, 0.25) is 5.15 Å². The molecule has 8 nitrogen and oxygen atoms in total. The molecule has 1 aliphatic rings. The number of nitrogens with zero attached hydrogens (tertiary/aromatic N) is 3. The van der Waals surface area contributed by atoms with Crippen molar-refractivity contribution in [1.82, 2.24) is 9.88 Å². The van der Waals surface area contributed by atoms with E-state index in [1.165, 1.54) is 6.92 Å². The molecule has 3 heterocycles. The molecule has 0 bridgehead atoms. The highest BCUT2D eigenvalue weighted by molar-refractivity contribution is 7.21. The van der Waals surface area contributed by atoms with Crippen LogP contribution >= 0.6 is 22.9 Å². The third-order valence-electron chi connectivity index (χ3n) is 4.47. The van der Waals surface area contributed by atoms with Gasteiger partial charge < -0.3 is 10.2 Å². The molecule has 1 aromatic carbocycles. The van der Waals surface area contributed by atoms with Gasteiger partial charge in [0.15, 0.2) is 0 Å². The zero-order valence-electron chi connectivity index (χ0n) is 13.8. The number of hydrogen-bond acceptors (Lipinski definition) is 5. The van der Waals surface area contributed by atoms with E-state index in [4.69, 9.17) is 11.6 Å². The van der Waals surface area contributed by atoms with Gasteiger partial charge in [-0.1, -0.05) is 11.6 Å². The molecule has 0 saturated heterocycles. The van der Waals surface area contributed by atoms with Gasteiger partial charge in [0.2, 0.25) is 0 Å². The Balaban J connectivity index is 2.11. The number of fused-ring (bicyclic) bond motifs is 5. The standard InChI is InChI=1S/C17H12ClN3O5S/c1-7-6-20(16(23)24)13-12-8-2-5-11(18)19-9(8)3-4-10(12)27-14(13)15(22)21(7)17(25)26/h2-5,7H,6H2,1H3,(H,23,24)(H,25,26). The summed E-state index contributed by atoms with van der Waals surface area (Å²) >= 11 is 7.01. The van der Waals surface area contributed by atoms with Gasteiger partial charge in [-0.3, -0.25) is 9.69 Å². The molecule has 2 aromatic heterocycles. The molecule has 3 aromatic rings. The normalized spacial score (nSPS) is 17.3. The lowest BCUT2D eigenvalue weighted by Gasteiger charge is -2.24. The summed E-state index contributed by atoms with van der Waals surface area (Å²) in [5, 5.41) is 20.7. The van der Waals surface area contributed by atoms with Crippen LogP contribution in [0.5, 0.6) is 0 Å². The lowest BCUT2D eigenvalue weighted by molar-refractivity contribution is 0.0696. The number of hydrogen-bond donors (Lipinski definition) is 2. The molecule has 0 radical (unpaired) electrons. The zero-order chi connectivity index (χ0) is 19.5. The molecule has 4 rings (SSSR count). The first-order chi connectivity index (χ1) is 12.8. The summed E-state index contributed by atoms with van der Waals surface area (Å²) in [4.78, 5) is 42.5. The average molecular weight is 406 g/mol. The zero-order valence-corrected chi connectivity index (χ0v) is 15.4. The summed E-state index contributed by atoms with van der Waals surface area (Å²) in [6.45, 7) is 1.34. The van der Waals surface area contributed by atoms with E-state index in [0.29, 0.717) is 31.0 Å². The van der Waals surface area contributed by atoms with Crippen LogP contribution in [0.1, 0.15) is 16.6 Å². The summed E-state index contributed by atoms with van der Waals surface area (Å²) in [6.07, 6.45) is -2.68. The lowest BCUT2D eigenvalue weighted by Crippen LogP contribution is -2.46. The van der Waals surface area contributed by atoms with Crippen LogP contribution in [-0.2, 0) is 0 Å². The molecule has 27 heavy (non-hydrogen) atoms. The Morgan fingerprint density at radius 1 is 1.22 bits per heavy atom. The Morgan fingerprint density at radius 2 is 1.96 bits per heavy atom. The molecule has 10 heteroatoms. The topological polar surface area (TPSA) is 111 Å². The summed E-state index contributed by atoms with van der Waals surface area (Å²) in [5.74, 6) is -0.731. The van der Waals surface area contributed by atoms with Crippen molar-refractivity contribution >= 4 is 67.7 Å². The van der Waals surface area contributed by atoms with Crippen LogP contribution in [0.3, 0.4) is 0 Å². The minimum Gasteiger partial charge on any atom is -0.465 e. The van der Waals surface area contributed by atoms with Gasteiger partial charge in [0.1, 0.15) is 10.0 Å². The molecule has 1 aliphatic heterocycles. The van der Waals surface area contributed by atoms with Gasteiger partial charge in [0.05, 0.1) is 23.8 Å². The highest BCUT2D eigenvalue weighted by Crippen LogP contribution is 2.44. The number of benzene rings is 1. The molecule has 2 N–H and O–H groups in total. The second kappa shape index (κ2) is 6.07. The molecule has 0 saturated carbocycles. The van der Waals surface area contributed by atoms with Crippen LogP contribution in [0.15, 0.2) is 24.3 Å². The van der Waals surface area contributed by atoms with Gasteiger partial charge in [-0.25, -0.2) is 19.5 Å². The van der Waals surface area contributed by atoms with Crippen molar-refractivity contribution in [2.24, 2.45) is 0 Å². The third kappa shape index (κ3) is 2.58. The van der Waals surface area contributed by atoms with E-state index in [-0.39, 0.29) is 17.1 Å². The molecule has 0 fully saturated rings. The molecule has 1 atom stereocenters. The van der Waals surface area contributed by atoms with Gasteiger partial charge in [0, 0.05) is 15.5 Å². The van der Waals surface area contributed by atoms with Crippen molar-refractivity contribution in [3.05, 3.63) is 34.3 Å². The first-order valence-corrected chi connectivity index (χ1v) is 9.07. The van der Waals surface area contributed by atoms with Crippen molar-refractivity contribution < 1.29 is 24.6 Å². The van der Waals surface area contributed by atoms with Crippen LogP contribution in [0, 0.1) is 0 Å². The van der Waals surface area contributed by atoms with Gasteiger partial charge >= 0.3 is 12.2 Å². The fourth-order valence-corrected chi connectivity index (χ4v) is 4.67. The smallest absolute Gasteiger partial charge is 0.414 e. The second-order valence-corrected chi connectivity index (χ2v) is 7.56. The van der Waals surface area contributed by atoms with E-state index < -0.39 is 24.1 Å². The van der Waals surface area contributed by atoms with Crippen molar-refractivity contribution in [1.29, 1.82) is 0 Å². The second-order valence-electron chi connectivity index (χ2n) is 6.12. The highest BCUT2D eigenvalue weighted by atomic mass is 35.5. The number of carbonyl (C=O) groups excluding carboxylic acids is 1. The van der Waals surface area contributed by atoms with Crippen molar-refractivity contribution in [3.63, 3.8) is 0 Å². The Labute approximate surface area is 161 Å². The SMILES string of the molecule is CC1CN(C(=O)O)c2c(sc3ccc4nc(Cl)ccc4c23)C(=O)N1C(=O)O. The fourth-order valence-electron chi connectivity index (χ4n) is 3.36. The number of aromatic nitrogens is 1. The Hall–Kier alpha value is -2.91. The predicted molar refractivity (Wildman–Crippen MR) is 101 cm³/mol. The molecule has 1 unspecified atom stereocenters. The molecule has 0 spiro atoms. The summed E-state index contributed by atoms with van der Waals surface area (Å²) in [5.41, 5.74) is 0.749. The van der Waals surface area contributed by atoms with E-state index >= 15 is 0 Å². The Kier molecular flexibility index (Phi) is 3.93. The number of halogens is 1. The monoisotopic (exact) mass is 405 g/mol. The maximum absolute atomic E-state index is 12.9. The van der Waals surface area contributed by atoms with Crippen LogP contribution < -0.4 is 4.90 Å². The predicted octanol–water partition coefficient (Wildman–Crippen LogP) is 4.11. The van der Waals surface area contributed by atoms with E-state index in [1.807, 2.05) is 0 Å². The number of imide groups is 1. The number of rotatable bonds is 0. The quantitative estimate of drug-likeness (QED) is 0.544. The van der Waals surface area contributed by atoms with Crippen LogP contribution in [0.25, 0.3) is 21.0 Å². The van der Waals surface area contributed by atoms with Gasteiger partial charge in [-0.05, 0) is 31.2 Å². The number of carboxylic acid groups (broad SMARTS) is 2. The summed E-state index contributed by atoms with van der Waals surface area (Å²) in [6, 6.07) is 5.93. The maximum Gasteiger partial charge on any atom is 0.414 e. The fraction of sp³-hybridized carbons (Fsp3) is 0.176. The Morgan fingerprint density at radius 3 is 2.63 bits per heavy atom. The van der Waals surface area contributed by atoms with Crippen molar-refractivity contribution in [2.75, 3.05) is 11.4 Å². The summed E-state index contributed by atoms with van der Waals surface area (Å²) in [7, 11) is 0. The molecular formula is C17H12ClN3O5S. The average Bonchev–Trinajstić information content (AvgIpc) is 2.93. The van der Waals surface area contributed by atoms with E-state index in [0.717, 1.165) is 16.2 Å². The Bertz CT molecular complexity index is 1140. The first kappa shape index (κ1) is 17.5. The number of carbonyl (C=O) groups is 3. The maximum atomic E-state index is 12.9. The van der Waals surface area contributed by atoms with Crippen molar-refractivity contribution in [3.8, 4) is 0 Å². The number of thiophene rings is 1. The molecular weight excluding hydrogens is 394 g/mol. The third-order valence-corrected chi connectivity index (χ3v) is 5.81. The van der Waals surface area contributed by atoms with Crippen molar-refractivity contribution in [2.45, 2.75) is 13.0 Å². The van der Waals surface area contributed by atoms with E-state index in [9.17, 15) is 24.6 Å². The first-order valence-electron chi connectivity index (χ1n) is 7.88. The van der Waals surface area contributed by atoms with Gasteiger partial charge in [0.25, 0.3) is 5.91 Å². The number of pyridine rings is 1. The molecule has 3 amide bonds. The van der Waals surface area contributed by atoms with Crippen LogP contribution in [0.4, 0.5) is 15.3 Å². The number of anilines is 1. The van der Waals surface area contributed by atoms with E-state index in [2.05, 4.69) is 4.98 Å². The van der Waals surface area contributed by atoms with Gasteiger partial charge in [-0.2, -0.15) is 0 Å².